The minimum absolute atomic E-state index is 0.0556. The number of ether oxygens (including phenoxy) is 2. The molecule has 0 spiro atoms. The Hall–Kier alpha value is -2.27. The van der Waals surface area contributed by atoms with E-state index in [4.69, 9.17) is 9.47 Å². The van der Waals surface area contributed by atoms with Gasteiger partial charge in [-0.3, -0.25) is 4.79 Å². The second-order valence-electron chi connectivity index (χ2n) is 13.5. The van der Waals surface area contributed by atoms with Crippen LogP contribution in [0.2, 0.25) is 0 Å². The van der Waals surface area contributed by atoms with Crippen LogP contribution in [0.15, 0.2) is 18.2 Å². The lowest BCUT2D eigenvalue weighted by Crippen LogP contribution is -2.39. The number of benzene rings is 1. The summed E-state index contributed by atoms with van der Waals surface area (Å²) in [5.74, 6) is 1.78. The maximum absolute atomic E-state index is 13.6. The van der Waals surface area contributed by atoms with Gasteiger partial charge in [-0.15, -0.1) is 0 Å². The molecule has 0 atom stereocenters. The zero-order chi connectivity index (χ0) is 27.8. The molecular formula is C34H50N2O3. The third-order valence-electron chi connectivity index (χ3n) is 9.83. The van der Waals surface area contributed by atoms with E-state index in [1.807, 2.05) is 7.11 Å². The molecule has 214 valence electrons. The highest BCUT2D eigenvalue weighted by Crippen LogP contribution is 2.56. The van der Waals surface area contributed by atoms with Gasteiger partial charge in [-0.25, -0.2) is 0 Å². The van der Waals surface area contributed by atoms with E-state index in [0.29, 0.717) is 5.92 Å². The zero-order valence-electron chi connectivity index (χ0n) is 25.3. The average Bonchev–Trinajstić information content (AvgIpc) is 3.67. The topological polar surface area (TPSA) is 52.5 Å². The van der Waals surface area contributed by atoms with E-state index >= 15 is 0 Å². The van der Waals surface area contributed by atoms with Crippen molar-refractivity contribution < 1.29 is 14.3 Å². The Labute approximate surface area is 236 Å². The first-order valence-corrected chi connectivity index (χ1v) is 15.5. The summed E-state index contributed by atoms with van der Waals surface area (Å²) in [5, 5.41) is 3.33. The van der Waals surface area contributed by atoms with Crippen LogP contribution in [-0.4, -0.2) is 36.8 Å². The van der Waals surface area contributed by atoms with Gasteiger partial charge in [-0.2, -0.15) is 0 Å². The van der Waals surface area contributed by atoms with Crippen LogP contribution in [0.25, 0.3) is 11.3 Å². The number of hydrogen-bond acceptors (Lipinski definition) is 3. The van der Waals surface area contributed by atoms with Crippen molar-refractivity contribution in [1.82, 2.24) is 9.88 Å². The Bertz CT molecular complexity index is 1170. The summed E-state index contributed by atoms with van der Waals surface area (Å²) in [5.41, 5.74) is 7.07. The number of nitrogens with zero attached hydrogens (tertiary/aromatic N) is 1. The van der Waals surface area contributed by atoms with Crippen LogP contribution in [0, 0.1) is 12.8 Å². The van der Waals surface area contributed by atoms with E-state index in [2.05, 4.69) is 62.7 Å². The van der Waals surface area contributed by atoms with Gasteiger partial charge in [0.25, 0.3) is 5.91 Å². The smallest absolute Gasteiger partial charge is 0.253 e. The van der Waals surface area contributed by atoms with E-state index in [1.165, 1.54) is 67.3 Å². The highest BCUT2D eigenvalue weighted by molar-refractivity contribution is 5.97. The normalized spacial score (nSPS) is 20.2. The Morgan fingerprint density at radius 2 is 1.77 bits per heavy atom. The van der Waals surface area contributed by atoms with E-state index in [-0.39, 0.29) is 22.8 Å². The van der Waals surface area contributed by atoms with Crippen molar-refractivity contribution >= 4 is 5.91 Å². The third-order valence-corrected chi connectivity index (χ3v) is 9.83. The Morgan fingerprint density at radius 1 is 1.08 bits per heavy atom. The molecule has 2 aliphatic carbocycles. The van der Waals surface area contributed by atoms with Gasteiger partial charge in [-0.05, 0) is 92.4 Å². The summed E-state index contributed by atoms with van der Waals surface area (Å²) in [7, 11) is 1.83. The molecule has 1 saturated heterocycles. The van der Waals surface area contributed by atoms with Crippen molar-refractivity contribution in [2.45, 2.75) is 122 Å². The zero-order valence-corrected chi connectivity index (χ0v) is 25.3. The molecule has 2 aromatic rings. The lowest BCUT2D eigenvalue weighted by Gasteiger charge is -2.29. The first kappa shape index (κ1) is 28.3. The minimum atomic E-state index is -0.0565. The van der Waals surface area contributed by atoms with Crippen molar-refractivity contribution in [3.8, 4) is 17.0 Å². The molecule has 1 aromatic heterocycles. The van der Waals surface area contributed by atoms with Gasteiger partial charge in [0.1, 0.15) is 5.75 Å². The van der Waals surface area contributed by atoms with Crippen molar-refractivity contribution in [3.05, 3.63) is 40.6 Å². The highest BCUT2D eigenvalue weighted by atomic mass is 16.5. The molecule has 1 N–H and O–H groups in total. The lowest BCUT2D eigenvalue weighted by atomic mass is 9.80. The third kappa shape index (κ3) is 5.80. The summed E-state index contributed by atoms with van der Waals surface area (Å²) >= 11 is 0. The Morgan fingerprint density at radius 3 is 2.36 bits per heavy atom. The van der Waals surface area contributed by atoms with Crippen molar-refractivity contribution in [2.75, 3.05) is 20.3 Å². The fourth-order valence-electron chi connectivity index (χ4n) is 6.99. The molecule has 0 bridgehead atoms. The molecule has 5 nitrogen and oxygen atoms in total. The molecule has 0 radical (unpaired) electrons. The van der Waals surface area contributed by atoms with Crippen molar-refractivity contribution in [1.29, 1.82) is 0 Å². The van der Waals surface area contributed by atoms with Crippen LogP contribution < -0.4 is 10.1 Å². The first-order valence-electron chi connectivity index (χ1n) is 15.5. The minimum Gasteiger partial charge on any atom is -0.496 e. The Kier molecular flexibility index (Phi) is 8.20. The number of hydrogen-bond donors (Lipinski definition) is 1. The molecule has 39 heavy (non-hydrogen) atoms. The summed E-state index contributed by atoms with van der Waals surface area (Å²) in [6.45, 7) is 13.7. The first-order chi connectivity index (χ1) is 18.7. The standard InChI is InChI=1S/C34H50N2O3/c1-7-34(15-16-34)29-20-25(19-28(31(29)38-6)33(3,4)5)30-21-27(32(37)35-26-13-17-39-18-14-26)23(2)36(30)22-24-11-9-8-10-12-24/h19-21,24,26H,7-18,22H2,1-6H3,(H,35,37). The second kappa shape index (κ2) is 11.3. The van der Waals surface area contributed by atoms with Crippen LogP contribution in [-0.2, 0) is 22.1 Å². The molecule has 5 heteroatoms. The maximum atomic E-state index is 13.6. The van der Waals surface area contributed by atoms with Crippen molar-refractivity contribution in [3.63, 3.8) is 0 Å². The summed E-state index contributed by atoms with van der Waals surface area (Å²) in [6.07, 6.45) is 11.9. The molecule has 3 fully saturated rings. The fourth-order valence-corrected chi connectivity index (χ4v) is 6.99. The number of nitrogens with one attached hydrogen (secondary N) is 1. The van der Waals surface area contributed by atoms with E-state index in [1.54, 1.807) is 0 Å². The van der Waals surface area contributed by atoms with E-state index < -0.39 is 0 Å². The number of amides is 1. The van der Waals surface area contributed by atoms with Crippen LogP contribution in [0.4, 0.5) is 0 Å². The van der Waals surface area contributed by atoms with Crippen LogP contribution in [0.3, 0.4) is 0 Å². The summed E-state index contributed by atoms with van der Waals surface area (Å²) < 4.78 is 14.1. The van der Waals surface area contributed by atoms with Gasteiger partial charge >= 0.3 is 0 Å². The molecular weight excluding hydrogens is 484 g/mol. The monoisotopic (exact) mass is 534 g/mol. The quantitative estimate of drug-likeness (QED) is 0.377. The predicted molar refractivity (Wildman–Crippen MR) is 159 cm³/mol. The predicted octanol–water partition coefficient (Wildman–Crippen LogP) is 7.70. The number of carbonyl (C=O) groups excluding carboxylic acids is 1. The van der Waals surface area contributed by atoms with Crippen LogP contribution in [0.5, 0.6) is 5.75 Å². The largest absolute Gasteiger partial charge is 0.496 e. The molecule has 0 unspecified atom stereocenters. The molecule has 2 heterocycles. The molecule has 2 saturated carbocycles. The van der Waals surface area contributed by atoms with Crippen LogP contribution in [0.1, 0.15) is 119 Å². The molecule has 1 aromatic carbocycles. The number of rotatable bonds is 8. The fraction of sp³-hybridized carbons (Fsp3) is 0.676. The van der Waals surface area contributed by atoms with Gasteiger partial charge in [0.05, 0.1) is 12.7 Å². The number of methoxy groups -OCH3 is 1. The van der Waals surface area contributed by atoms with Crippen LogP contribution >= 0.6 is 0 Å². The van der Waals surface area contributed by atoms with E-state index in [0.717, 1.165) is 56.0 Å². The van der Waals surface area contributed by atoms with Crippen molar-refractivity contribution in [2.24, 2.45) is 5.92 Å². The average molecular weight is 535 g/mol. The maximum Gasteiger partial charge on any atom is 0.253 e. The summed E-state index contributed by atoms with van der Waals surface area (Å²) in [6, 6.07) is 7.11. The number of aromatic nitrogens is 1. The molecule has 1 amide bonds. The summed E-state index contributed by atoms with van der Waals surface area (Å²) in [4.78, 5) is 13.6. The highest BCUT2D eigenvalue weighted by Gasteiger charge is 2.45. The van der Waals surface area contributed by atoms with Gasteiger partial charge in [0.15, 0.2) is 0 Å². The van der Waals surface area contributed by atoms with Gasteiger partial charge in [-0.1, -0.05) is 47.0 Å². The lowest BCUT2D eigenvalue weighted by molar-refractivity contribution is 0.0696. The molecule has 1 aliphatic heterocycles. The van der Waals surface area contributed by atoms with Gasteiger partial charge < -0.3 is 19.4 Å². The second-order valence-corrected chi connectivity index (χ2v) is 13.5. The molecule has 5 rings (SSSR count). The number of carbonyl (C=O) groups is 1. The van der Waals surface area contributed by atoms with Gasteiger partial charge in [0, 0.05) is 48.3 Å². The Balaban J connectivity index is 1.62. The molecule has 3 aliphatic rings. The van der Waals surface area contributed by atoms with E-state index in [9.17, 15) is 4.79 Å². The van der Waals surface area contributed by atoms with Gasteiger partial charge in [0.2, 0.25) is 0 Å². The SMILES string of the molecule is CCC1(c2cc(-c3cc(C(=O)NC4CCOCC4)c(C)n3CC3CCCCC3)cc(C(C)(C)C)c2OC)CC1.